The molecule has 2 nitrogen and oxygen atoms in total. The molecule has 2 aromatic carbocycles. The molecule has 1 heterocycles. The Morgan fingerprint density at radius 1 is 1.19 bits per heavy atom. The highest BCUT2D eigenvalue weighted by Crippen LogP contribution is 2.33. The number of fused-ring (bicyclic) bond motifs is 1. The molecule has 0 radical (unpaired) electrons. The zero-order chi connectivity index (χ0) is 15.1. The molecule has 1 aromatic heterocycles. The molecule has 21 heavy (non-hydrogen) atoms. The van der Waals surface area contributed by atoms with Crippen molar-refractivity contribution in [3.63, 3.8) is 0 Å². The van der Waals surface area contributed by atoms with Gasteiger partial charge >= 0.3 is 0 Å². The number of halogens is 4. The largest absolute Gasteiger partial charge is 0.294 e. The molecule has 3 rings (SSSR count). The lowest BCUT2D eigenvalue weighted by Crippen LogP contribution is -2.02. The van der Waals surface area contributed by atoms with Gasteiger partial charge in [-0.25, -0.2) is 9.37 Å². The molecule has 0 saturated carbocycles. The first-order valence-corrected chi connectivity index (χ1v) is 8.27. The van der Waals surface area contributed by atoms with Crippen LogP contribution >= 0.6 is 43.5 Å². The number of nitrogens with zero attached hydrogens (tertiary/aromatic N) is 2. The fourth-order valence-electron chi connectivity index (χ4n) is 2.24. The minimum Gasteiger partial charge on any atom is -0.294 e. The van der Waals surface area contributed by atoms with Crippen molar-refractivity contribution in [2.75, 3.05) is 0 Å². The van der Waals surface area contributed by atoms with Gasteiger partial charge in [0.05, 0.1) is 26.6 Å². The van der Waals surface area contributed by atoms with E-state index in [1.54, 1.807) is 6.07 Å². The van der Waals surface area contributed by atoms with Crippen molar-refractivity contribution in [2.24, 2.45) is 0 Å². The van der Waals surface area contributed by atoms with Crippen LogP contribution in [0.1, 0.15) is 18.1 Å². The summed E-state index contributed by atoms with van der Waals surface area (Å²) in [6.45, 7) is 1.85. The van der Waals surface area contributed by atoms with Gasteiger partial charge in [0.15, 0.2) is 0 Å². The quantitative estimate of drug-likeness (QED) is 0.455. The van der Waals surface area contributed by atoms with Crippen LogP contribution in [0.3, 0.4) is 0 Å². The molecule has 0 bridgehead atoms. The first-order valence-electron chi connectivity index (χ1n) is 6.25. The molecule has 0 aliphatic carbocycles. The zero-order valence-electron chi connectivity index (χ0n) is 10.9. The maximum absolute atomic E-state index is 13.7. The summed E-state index contributed by atoms with van der Waals surface area (Å²) in [5.41, 5.74) is 2.30. The maximum atomic E-state index is 13.7. The number of rotatable bonds is 2. The summed E-state index contributed by atoms with van der Waals surface area (Å²) < 4.78 is 17.0. The van der Waals surface area contributed by atoms with Crippen molar-refractivity contribution < 1.29 is 4.39 Å². The molecule has 0 saturated heterocycles. The predicted octanol–water partition coefficient (Wildman–Crippen LogP) is 5.99. The Labute approximate surface area is 143 Å². The topological polar surface area (TPSA) is 17.8 Å². The van der Waals surface area contributed by atoms with Crippen molar-refractivity contribution in [1.29, 1.82) is 0 Å². The highest BCUT2D eigenvalue weighted by atomic mass is 79.9. The Morgan fingerprint density at radius 3 is 2.57 bits per heavy atom. The van der Waals surface area contributed by atoms with Gasteiger partial charge < -0.3 is 0 Å². The van der Waals surface area contributed by atoms with Gasteiger partial charge in [-0.15, -0.1) is 11.6 Å². The van der Waals surface area contributed by atoms with E-state index < -0.39 is 0 Å². The van der Waals surface area contributed by atoms with Crippen LogP contribution in [0.15, 0.2) is 45.3 Å². The lowest BCUT2D eigenvalue weighted by atomic mass is 10.2. The Hall–Kier alpha value is -0.910. The molecule has 0 N–H and O–H groups in total. The predicted molar refractivity (Wildman–Crippen MR) is 90.7 cm³/mol. The van der Waals surface area contributed by atoms with Crippen LogP contribution in [-0.2, 0) is 0 Å². The van der Waals surface area contributed by atoms with Crippen LogP contribution in [0, 0.1) is 5.82 Å². The standard InChI is InChI=1S/C15H10Br2ClFN2/c1-8(18)15-20-12-7-11(19)10(17)6-14(12)21(15)13-5-3-2-4-9(13)16/h2-8H,1H3. The van der Waals surface area contributed by atoms with E-state index in [-0.39, 0.29) is 11.2 Å². The summed E-state index contributed by atoms with van der Waals surface area (Å²) in [6, 6.07) is 10.9. The lowest BCUT2D eigenvalue weighted by Gasteiger charge is -2.12. The van der Waals surface area contributed by atoms with Crippen LogP contribution in [-0.4, -0.2) is 9.55 Å². The second-order valence-corrected chi connectivity index (χ2v) is 6.99. The second-order valence-electron chi connectivity index (χ2n) is 4.63. The van der Waals surface area contributed by atoms with Crippen LogP contribution in [0.4, 0.5) is 4.39 Å². The minimum absolute atomic E-state index is 0.300. The number of hydrogen-bond acceptors (Lipinski definition) is 1. The SMILES string of the molecule is CC(Cl)c1nc2cc(F)c(Br)cc2n1-c1ccccc1Br. The van der Waals surface area contributed by atoms with E-state index in [1.807, 2.05) is 35.8 Å². The summed E-state index contributed by atoms with van der Waals surface area (Å²) in [6.07, 6.45) is 0. The number of para-hydroxylation sites is 1. The van der Waals surface area contributed by atoms with Gasteiger partial charge in [-0.05, 0) is 57.0 Å². The van der Waals surface area contributed by atoms with Gasteiger partial charge in [0.1, 0.15) is 11.6 Å². The summed E-state index contributed by atoms with van der Waals surface area (Å²) in [5, 5.41) is -0.300. The van der Waals surface area contributed by atoms with E-state index in [1.165, 1.54) is 6.07 Å². The van der Waals surface area contributed by atoms with E-state index in [0.29, 0.717) is 15.8 Å². The molecule has 1 unspecified atom stereocenters. The van der Waals surface area contributed by atoms with E-state index in [0.717, 1.165) is 15.7 Å². The zero-order valence-corrected chi connectivity index (χ0v) is 14.9. The monoisotopic (exact) mass is 430 g/mol. The van der Waals surface area contributed by atoms with Crippen molar-refractivity contribution >= 4 is 54.5 Å². The average molecular weight is 433 g/mol. The third kappa shape index (κ3) is 2.62. The highest BCUT2D eigenvalue weighted by Gasteiger charge is 2.19. The van der Waals surface area contributed by atoms with Crippen molar-refractivity contribution in [3.05, 3.63) is 57.0 Å². The van der Waals surface area contributed by atoms with Gasteiger partial charge in [-0.2, -0.15) is 0 Å². The molecule has 0 amide bonds. The molecule has 108 valence electrons. The van der Waals surface area contributed by atoms with Crippen molar-refractivity contribution in [2.45, 2.75) is 12.3 Å². The smallest absolute Gasteiger partial charge is 0.139 e. The fourth-order valence-corrected chi connectivity index (χ4v) is 3.18. The molecule has 0 fully saturated rings. The number of alkyl halides is 1. The van der Waals surface area contributed by atoms with Gasteiger partial charge in [0, 0.05) is 10.5 Å². The summed E-state index contributed by atoms with van der Waals surface area (Å²) >= 11 is 13.0. The molecular formula is C15H10Br2ClFN2. The fraction of sp³-hybridized carbons (Fsp3) is 0.133. The molecule has 0 aliphatic rings. The van der Waals surface area contributed by atoms with E-state index in [2.05, 4.69) is 36.8 Å². The first-order chi connectivity index (χ1) is 9.99. The Morgan fingerprint density at radius 2 is 1.90 bits per heavy atom. The summed E-state index contributed by atoms with van der Waals surface area (Å²) in [4.78, 5) is 4.48. The van der Waals surface area contributed by atoms with Crippen molar-refractivity contribution in [3.8, 4) is 5.69 Å². The van der Waals surface area contributed by atoms with Crippen molar-refractivity contribution in [1.82, 2.24) is 9.55 Å². The van der Waals surface area contributed by atoms with Crippen LogP contribution in [0.25, 0.3) is 16.7 Å². The van der Waals surface area contributed by atoms with Gasteiger partial charge in [-0.1, -0.05) is 12.1 Å². The van der Waals surface area contributed by atoms with Crippen LogP contribution in [0.2, 0.25) is 0 Å². The number of benzene rings is 2. The minimum atomic E-state index is -0.340. The normalized spacial score (nSPS) is 12.8. The summed E-state index contributed by atoms with van der Waals surface area (Å²) in [7, 11) is 0. The van der Waals surface area contributed by atoms with E-state index in [4.69, 9.17) is 11.6 Å². The first kappa shape index (κ1) is 15.0. The molecule has 0 spiro atoms. The highest BCUT2D eigenvalue weighted by molar-refractivity contribution is 9.10. The Balaban J connectivity index is 2.41. The number of hydrogen-bond donors (Lipinski definition) is 0. The van der Waals surface area contributed by atoms with Gasteiger partial charge in [0.25, 0.3) is 0 Å². The molecule has 1 atom stereocenters. The summed E-state index contributed by atoms with van der Waals surface area (Å²) in [5.74, 6) is 0.337. The number of aromatic nitrogens is 2. The van der Waals surface area contributed by atoms with Crippen LogP contribution in [0.5, 0.6) is 0 Å². The van der Waals surface area contributed by atoms with Gasteiger partial charge in [-0.3, -0.25) is 4.57 Å². The lowest BCUT2D eigenvalue weighted by molar-refractivity contribution is 0.623. The molecule has 3 aromatic rings. The van der Waals surface area contributed by atoms with Crippen LogP contribution < -0.4 is 0 Å². The molecular weight excluding hydrogens is 422 g/mol. The Bertz CT molecular complexity index is 830. The van der Waals surface area contributed by atoms with Gasteiger partial charge in [0.2, 0.25) is 0 Å². The van der Waals surface area contributed by atoms with E-state index in [9.17, 15) is 4.39 Å². The second kappa shape index (κ2) is 5.71. The third-order valence-corrected chi connectivity index (χ3v) is 4.65. The van der Waals surface area contributed by atoms with E-state index >= 15 is 0 Å². The third-order valence-electron chi connectivity index (χ3n) is 3.17. The maximum Gasteiger partial charge on any atom is 0.139 e. The molecule has 0 aliphatic heterocycles. The molecule has 6 heteroatoms. The number of imidazole rings is 1. The Kier molecular flexibility index (Phi) is 4.08. The average Bonchev–Trinajstić information content (AvgIpc) is 2.78.